The van der Waals surface area contributed by atoms with Crippen LogP contribution in [0.3, 0.4) is 0 Å². The minimum atomic E-state index is -4.14. The number of hydrogen-bond acceptors (Lipinski definition) is 5. The molecule has 2 aromatic rings. The minimum absolute atomic E-state index is 0.0198. The smallest absolute Gasteiger partial charge is 0.414 e. The summed E-state index contributed by atoms with van der Waals surface area (Å²) in [6.45, 7) is 2.52. The van der Waals surface area contributed by atoms with Gasteiger partial charge in [0.2, 0.25) is 0 Å². The number of nitrogens with zero attached hydrogens (tertiary/aromatic N) is 2. The zero-order valence-electron chi connectivity index (χ0n) is 17.5. The summed E-state index contributed by atoms with van der Waals surface area (Å²) in [7, 11) is -4.14. The van der Waals surface area contributed by atoms with Crippen LogP contribution in [0, 0.1) is 5.82 Å². The van der Waals surface area contributed by atoms with E-state index in [1.54, 1.807) is 12.1 Å². The van der Waals surface area contributed by atoms with Crippen molar-refractivity contribution in [3.63, 3.8) is 0 Å². The van der Waals surface area contributed by atoms with Gasteiger partial charge in [-0.05, 0) is 35.8 Å². The van der Waals surface area contributed by atoms with E-state index in [1.165, 1.54) is 16.5 Å². The van der Waals surface area contributed by atoms with E-state index in [0.717, 1.165) is 31.6 Å². The van der Waals surface area contributed by atoms with E-state index >= 15 is 0 Å². The Morgan fingerprint density at radius 2 is 1.94 bits per heavy atom. The summed E-state index contributed by atoms with van der Waals surface area (Å²) < 4.78 is 50.7. The summed E-state index contributed by atoms with van der Waals surface area (Å²) in [6, 6.07) is 14.9. The third-order valence-corrected chi connectivity index (χ3v) is 6.48. The maximum atomic E-state index is 14.9. The first kappa shape index (κ1) is 22.4. The fourth-order valence-corrected chi connectivity index (χ4v) is 4.60. The van der Waals surface area contributed by atoms with E-state index < -0.39 is 33.9 Å². The zero-order valence-corrected chi connectivity index (χ0v) is 18.3. The van der Waals surface area contributed by atoms with Crippen LogP contribution < -0.4 is 4.90 Å². The van der Waals surface area contributed by atoms with Gasteiger partial charge in [-0.25, -0.2) is 9.18 Å². The standard InChI is InChI=1S/C23H25FN2O5S/c24-22-14-19(26-16-20(31-23(26)27)10-13-32(28,29)30)6-7-21(22)18-8-11-25(12-9-18)15-17-4-2-1-3-5-17/h1-8,14,20H,9-13,15-16H2,(H,28,29,30)/t20-/m0/s1. The molecule has 7 nitrogen and oxygen atoms in total. The van der Waals surface area contributed by atoms with Crippen LogP contribution in [0.25, 0.3) is 5.57 Å². The predicted octanol–water partition coefficient (Wildman–Crippen LogP) is 3.72. The molecular formula is C23H25FN2O5S. The van der Waals surface area contributed by atoms with Gasteiger partial charge in [-0.2, -0.15) is 8.42 Å². The van der Waals surface area contributed by atoms with Gasteiger partial charge in [0.05, 0.1) is 18.0 Å². The lowest BCUT2D eigenvalue weighted by Crippen LogP contribution is -2.28. The topological polar surface area (TPSA) is 87.1 Å². The van der Waals surface area contributed by atoms with E-state index in [1.807, 2.05) is 24.3 Å². The number of hydrogen-bond donors (Lipinski definition) is 1. The average molecular weight is 461 g/mol. The highest BCUT2D eigenvalue weighted by Crippen LogP contribution is 2.30. The van der Waals surface area contributed by atoms with Crippen LogP contribution in [0.15, 0.2) is 54.6 Å². The highest BCUT2D eigenvalue weighted by molar-refractivity contribution is 7.85. The van der Waals surface area contributed by atoms with Crippen LogP contribution in [0.1, 0.15) is 24.0 Å². The first-order valence-corrected chi connectivity index (χ1v) is 12.1. The van der Waals surface area contributed by atoms with Gasteiger partial charge in [0.1, 0.15) is 11.9 Å². The number of benzene rings is 2. The normalized spacial score (nSPS) is 19.7. The summed E-state index contributed by atoms with van der Waals surface area (Å²) in [4.78, 5) is 15.7. The number of anilines is 1. The molecule has 1 atom stereocenters. The van der Waals surface area contributed by atoms with Crippen molar-refractivity contribution in [2.45, 2.75) is 25.5 Å². The van der Waals surface area contributed by atoms with E-state index in [4.69, 9.17) is 9.29 Å². The molecule has 2 heterocycles. The Morgan fingerprint density at radius 1 is 1.16 bits per heavy atom. The third kappa shape index (κ3) is 5.53. The molecule has 1 amide bonds. The highest BCUT2D eigenvalue weighted by atomic mass is 32.2. The molecule has 0 aliphatic carbocycles. The summed E-state index contributed by atoms with van der Waals surface area (Å²) in [5, 5.41) is 0. The Labute approximate surface area is 186 Å². The van der Waals surface area contributed by atoms with Gasteiger partial charge >= 0.3 is 6.09 Å². The van der Waals surface area contributed by atoms with Gasteiger partial charge in [-0.15, -0.1) is 0 Å². The van der Waals surface area contributed by atoms with Gasteiger partial charge in [-0.1, -0.05) is 36.4 Å². The third-order valence-electron chi connectivity index (χ3n) is 5.72. The lowest BCUT2D eigenvalue weighted by Gasteiger charge is -2.27. The van der Waals surface area contributed by atoms with Crippen LogP contribution in [-0.4, -0.2) is 55.5 Å². The van der Waals surface area contributed by atoms with E-state index in [9.17, 15) is 17.6 Å². The first-order valence-electron chi connectivity index (χ1n) is 10.5. The van der Waals surface area contributed by atoms with Crippen molar-refractivity contribution in [2.24, 2.45) is 0 Å². The second-order valence-electron chi connectivity index (χ2n) is 8.06. The Morgan fingerprint density at radius 3 is 2.59 bits per heavy atom. The molecule has 2 aliphatic rings. The second-order valence-corrected chi connectivity index (χ2v) is 9.63. The van der Waals surface area contributed by atoms with Crippen molar-refractivity contribution in [2.75, 3.05) is 30.3 Å². The van der Waals surface area contributed by atoms with Crippen molar-refractivity contribution < 1.29 is 26.9 Å². The Bertz CT molecular complexity index is 1120. The zero-order chi connectivity index (χ0) is 22.7. The van der Waals surface area contributed by atoms with Crippen LogP contribution >= 0.6 is 0 Å². The summed E-state index contributed by atoms with van der Waals surface area (Å²) in [6.07, 6.45) is 1.41. The number of carbonyl (C=O) groups excluding carboxylic acids is 1. The Kier molecular flexibility index (Phi) is 6.59. The van der Waals surface area contributed by atoms with Gasteiger partial charge in [0.15, 0.2) is 0 Å². The monoisotopic (exact) mass is 460 g/mol. The number of amides is 1. The number of ether oxygens (including phenoxy) is 1. The lowest BCUT2D eigenvalue weighted by atomic mass is 9.98. The van der Waals surface area contributed by atoms with Crippen LogP contribution in [0.2, 0.25) is 0 Å². The minimum Gasteiger partial charge on any atom is -0.444 e. The Balaban J connectivity index is 1.40. The summed E-state index contributed by atoms with van der Waals surface area (Å²) in [5.41, 5.74) is 3.05. The average Bonchev–Trinajstić information content (AvgIpc) is 3.14. The molecule has 32 heavy (non-hydrogen) atoms. The van der Waals surface area contributed by atoms with E-state index in [-0.39, 0.29) is 13.0 Å². The molecule has 170 valence electrons. The molecule has 2 aromatic carbocycles. The number of halogens is 1. The van der Waals surface area contributed by atoms with Crippen LogP contribution in [0.4, 0.5) is 14.9 Å². The summed E-state index contributed by atoms with van der Waals surface area (Å²) in [5.74, 6) is -0.916. The fourth-order valence-electron chi connectivity index (χ4n) is 4.04. The van der Waals surface area contributed by atoms with Gasteiger partial charge in [0, 0.05) is 31.6 Å². The molecule has 2 aliphatic heterocycles. The quantitative estimate of drug-likeness (QED) is 0.634. The number of rotatable bonds is 7. The predicted molar refractivity (Wildman–Crippen MR) is 119 cm³/mol. The number of carbonyl (C=O) groups is 1. The van der Waals surface area contributed by atoms with Gasteiger partial charge in [-0.3, -0.25) is 14.4 Å². The van der Waals surface area contributed by atoms with Crippen molar-refractivity contribution in [3.05, 3.63) is 71.6 Å². The van der Waals surface area contributed by atoms with Crippen LogP contribution in [0.5, 0.6) is 0 Å². The molecule has 1 N–H and O–H groups in total. The van der Waals surface area contributed by atoms with Crippen molar-refractivity contribution in [1.82, 2.24) is 4.90 Å². The first-order chi connectivity index (χ1) is 15.3. The molecule has 4 rings (SSSR count). The highest BCUT2D eigenvalue weighted by Gasteiger charge is 2.33. The maximum Gasteiger partial charge on any atom is 0.414 e. The lowest BCUT2D eigenvalue weighted by molar-refractivity contribution is 0.139. The fraction of sp³-hybridized carbons (Fsp3) is 0.348. The Hall–Kier alpha value is -2.75. The molecule has 0 saturated carbocycles. The van der Waals surface area contributed by atoms with Gasteiger partial charge < -0.3 is 4.74 Å². The molecular weight excluding hydrogens is 435 g/mol. The SMILES string of the molecule is O=C1O[C@@H](CCS(=O)(=O)O)CN1c1ccc(C2=CCN(Cc3ccccc3)CC2)c(F)c1. The van der Waals surface area contributed by atoms with Crippen molar-refractivity contribution >= 4 is 27.5 Å². The second kappa shape index (κ2) is 9.40. The molecule has 1 saturated heterocycles. The molecule has 0 bridgehead atoms. The molecule has 0 aromatic heterocycles. The van der Waals surface area contributed by atoms with E-state index in [0.29, 0.717) is 11.3 Å². The summed E-state index contributed by atoms with van der Waals surface area (Å²) >= 11 is 0. The maximum absolute atomic E-state index is 14.9. The van der Waals surface area contributed by atoms with Crippen molar-refractivity contribution in [1.29, 1.82) is 0 Å². The van der Waals surface area contributed by atoms with E-state index in [2.05, 4.69) is 17.0 Å². The molecule has 1 fully saturated rings. The molecule has 0 spiro atoms. The molecule has 9 heteroatoms. The van der Waals surface area contributed by atoms with Crippen LogP contribution in [-0.2, 0) is 21.4 Å². The number of cyclic esters (lactones) is 1. The molecule has 0 unspecified atom stereocenters. The largest absolute Gasteiger partial charge is 0.444 e. The van der Waals surface area contributed by atoms with Gasteiger partial charge in [0.25, 0.3) is 10.1 Å². The van der Waals surface area contributed by atoms with Crippen molar-refractivity contribution in [3.8, 4) is 0 Å². The molecule has 0 radical (unpaired) electrons.